The smallest absolute Gasteiger partial charge is 0.243 e. The van der Waals surface area contributed by atoms with Gasteiger partial charge in [-0.1, -0.05) is 6.58 Å². The van der Waals surface area contributed by atoms with Crippen molar-refractivity contribution in [3.63, 3.8) is 0 Å². The molecule has 0 heterocycles. The van der Waals surface area contributed by atoms with Crippen LogP contribution in [0.25, 0.3) is 0 Å². The summed E-state index contributed by atoms with van der Waals surface area (Å²) in [5.74, 6) is -0.123. The maximum atomic E-state index is 10.6. The topological polar surface area (TPSA) is 29.1 Å². The Morgan fingerprint density at radius 2 is 1.90 bits per heavy atom. The van der Waals surface area contributed by atoms with E-state index in [1.165, 1.54) is 6.08 Å². The molecule has 1 amide bonds. The largest absolute Gasteiger partial charge is 0.348 e. The predicted octanol–water partition coefficient (Wildman–Crippen LogP) is 0.706. The second kappa shape index (κ2) is 5.49. The van der Waals surface area contributed by atoms with E-state index < -0.39 is 0 Å². The monoisotopic (exact) mass is 166 g/mol. The molecule has 0 aromatic heterocycles. The average molecular weight is 166 g/mol. The van der Waals surface area contributed by atoms with Gasteiger partial charge in [-0.15, -0.1) is 0 Å². The summed E-state index contributed by atoms with van der Waals surface area (Å²) < 4.78 is 0. The minimum atomic E-state index is -0.148. The molecule has 0 unspecified atom stereocenters. The van der Waals surface area contributed by atoms with Crippen LogP contribution in [0, 0.1) is 0 Å². The van der Waals surface area contributed by atoms with E-state index in [0.717, 1.165) is 0 Å². The van der Waals surface area contributed by atoms with E-state index in [1.807, 2.05) is 20.8 Å². The van der Waals surface area contributed by atoms with Gasteiger partial charge in [0.15, 0.2) is 0 Å². The molecule has 0 aromatic carbocycles. The first-order valence-corrected chi connectivity index (χ1v) is 2.90. The minimum absolute atomic E-state index is 0. The van der Waals surface area contributed by atoms with Crippen LogP contribution >= 0.6 is 0 Å². The molecule has 0 bridgehead atoms. The van der Waals surface area contributed by atoms with Gasteiger partial charge in [-0.05, 0) is 26.8 Å². The normalized spacial score (nSPS) is 9.50. The van der Waals surface area contributed by atoms with Gasteiger partial charge in [0, 0.05) is 56.9 Å². The van der Waals surface area contributed by atoms with Gasteiger partial charge in [0.2, 0.25) is 5.91 Å². The van der Waals surface area contributed by atoms with Gasteiger partial charge in [-0.2, -0.15) is 0 Å². The zero-order valence-corrected chi connectivity index (χ0v) is 10.3. The molecular formula is C7H13KNO. The Bertz CT molecular complexity index is 126. The first kappa shape index (κ1) is 13.4. The van der Waals surface area contributed by atoms with Crippen molar-refractivity contribution in [3.8, 4) is 0 Å². The summed E-state index contributed by atoms with van der Waals surface area (Å²) in [6.07, 6.45) is 1.27. The van der Waals surface area contributed by atoms with Crippen molar-refractivity contribution in [3.05, 3.63) is 12.7 Å². The zero-order chi connectivity index (χ0) is 7.49. The number of nitrogens with one attached hydrogen (secondary N) is 1. The molecule has 0 spiro atoms. The van der Waals surface area contributed by atoms with Gasteiger partial charge in [0.1, 0.15) is 0 Å². The van der Waals surface area contributed by atoms with E-state index in [0.29, 0.717) is 0 Å². The van der Waals surface area contributed by atoms with Gasteiger partial charge < -0.3 is 5.32 Å². The van der Waals surface area contributed by atoms with Crippen LogP contribution in [0.2, 0.25) is 0 Å². The fraction of sp³-hybridized carbons (Fsp3) is 0.571. The zero-order valence-electron chi connectivity index (χ0n) is 7.19. The predicted molar refractivity (Wildman–Crippen MR) is 43.8 cm³/mol. The molecule has 0 aliphatic heterocycles. The van der Waals surface area contributed by atoms with E-state index in [4.69, 9.17) is 0 Å². The Labute approximate surface area is 105 Å². The van der Waals surface area contributed by atoms with Gasteiger partial charge in [0.25, 0.3) is 0 Å². The number of rotatable bonds is 1. The SMILES string of the molecule is C=CC(=O)NC(C)(C)C.[K]. The molecule has 0 aliphatic rings. The second-order valence-corrected chi connectivity index (χ2v) is 2.94. The Morgan fingerprint density at radius 3 is 2.00 bits per heavy atom. The van der Waals surface area contributed by atoms with Crippen LogP contribution < -0.4 is 5.32 Å². The van der Waals surface area contributed by atoms with Crippen molar-refractivity contribution in [2.24, 2.45) is 0 Å². The molecule has 1 radical (unpaired) electrons. The van der Waals surface area contributed by atoms with Crippen molar-refractivity contribution < 1.29 is 4.79 Å². The number of carbonyl (C=O) groups is 1. The number of amides is 1. The van der Waals surface area contributed by atoms with Crippen LogP contribution in [-0.4, -0.2) is 62.8 Å². The Balaban J connectivity index is 0. The van der Waals surface area contributed by atoms with Crippen molar-refractivity contribution in [1.29, 1.82) is 0 Å². The van der Waals surface area contributed by atoms with Gasteiger partial charge in [-0.3, -0.25) is 4.79 Å². The Morgan fingerprint density at radius 1 is 1.50 bits per heavy atom. The first-order chi connectivity index (χ1) is 3.95. The summed E-state index contributed by atoms with van der Waals surface area (Å²) in [4.78, 5) is 10.6. The van der Waals surface area contributed by atoms with Gasteiger partial charge in [0.05, 0.1) is 0 Å². The standard InChI is InChI=1S/C7H13NO.K/c1-5-6(9)8-7(2,3)4;/h5H,1H2,2-4H3,(H,8,9);. The molecule has 0 aliphatic carbocycles. The van der Waals surface area contributed by atoms with Gasteiger partial charge in [-0.25, -0.2) is 0 Å². The summed E-state index contributed by atoms with van der Waals surface area (Å²) in [6.45, 7) is 9.11. The maximum Gasteiger partial charge on any atom is 0.243 e. The van der Waals surface area contributed by atoms with Crippen molar-refractivity contribution in [2.75, 3.05) is 0 Å². The molecule has 0 fully saturated rings. The van der Waals surface area contributed by atoms with E-state index in [-0.39, 0.29) is 62.8 Å². The summed E-state index contributed by atoms with van der Waals surface area (Å²) in [5.41, 5.74) is -0.148. The fourth-order valence-corrected chi connectivity index (χ4v) is 0.421. The number of hydrogen-bond acceptors (Lipinski definition) is 1. The third-order valence-electron chi connectivity index (χ3n) is 0.684. The molecule has 2 nitrogen and oxygen atoms in total. The van der Waals surface area contributed by atoms with Crippen LogP contribution in [0.15, 0.2) is 12.7 Å². The third-order valence-corrected chi connectivity index (χ3v) is 0.684. The van der Waals surface area contributed by atoms with Crippen LogP contribution in [0.4, 0.5) is 0 Å². The quantitative estimate of drug-likeness (QED) is 0.451. The molecule has 53 valence electrons. The van der Waals surface area contributed by atoms with Crippen LogP contribution in [0.1, 0.15) is 20.8 Å². The maximum absolute atomic E-state index is 10.6. The number of carbonyl (C=O) groups excluding carboxylic acids is 1. The average Bonchev–Trinajstić information content (AvgIpc) is 1.62. The molecule has 0 saturated carbocycles. The Hall–Kier alpha value is 0.846. The second-order valence-electron chi connectivity index (χ2n) is 2.94. The van der Waals surface area contributed by atoms with Crippen molar-refractivity contribution in [2.45, 2.75) is 26.3 Å². The first-order valence-electron chi connectivity index (χ1n) is 2.90. The molecule has 10 heavy (non-hydrogen) atoms. The van der Waals surface area contributed by atoms with E-state index in [2.05, 4.69) is 11.9 Å². The minimum Gasteiger partial charge on any atom is -0.348 e. The summed E-state index contributed by atoms with van der Waals surface area (Å²) in [5, 5.41) is 2.71. The van der Waals surface area contributed by atoms with Crippen LogP contribution in [0.3, 0.4) is 0 Å². The van der Waals surface area contributed by atoms with E-state index >= 15 is 0 Å². The summed E-state index contributed by atoms with van der Waals surface area (Å²) in [6, 6.07) is 0. The molecule has 0 aromatic rings. The summed E-state index contributed by atoms with van der Waals surface area (Å²) >= 11 is 0. The molecule has 1 N–H and O–H groups in total. The van der Waals surface area contributed by atoms with Gasteiger partial charge >= 0.3 is 0 Å². The number of hydrogen-bond donors (Lipinski definition) is 1. The van der Waals surface area contributed by atoms with Crippen LogP contribution in [0.5, 0.6) is 0 Å². The molecule has 3 heteroatoms. The van der Waals surface area contributed by atoms with Crippen LogP contribution in [-0.2, 0) is 4.79 Å². The molecule has 0 atom stereocenters. The Kier molecular flexibility index (Phi) is 7.38. The molecular weight excluding hydrogens is 153 g/mol. The van der Waals surface area contributed by atoms with E-state index in [9.17, 15) is 4.79 Å². The summed E-state index contributed by atoms with van der Waals surface area (Å²) in [7, 11) is 0. The third kappa shape index (κ3) is 8.85. The molecule has 0 saturated heterocycles. The van der Waals surface area contributed by atoms with Crippen molar-refractivity contribution in [1.82, 2.24) is 5.32 Å². The fourth-order valence-electron chi connectivity index (χ4n) is 0.421. The van der Waals surface area contributed by atoms with E-state index in [1.54, 1.807) is 0 Å². The van der Waals surface area contributed by atoms with Crippen molar-refractivity contribution >= 4 is 57.3 Å². The molecule has 0 rings (SSSR count).